The number of nitrogens with one attached hydrogen (secondary N) is 1. The first-order valence-electron chi connectivity index (χ1n) is 9.66. The summed E-state index contributed by atoms with van der Waals surface area (Å²) >= 11 is 0. The molecule has 1 N–H and O–H groups in total. The number of rotatable bonds is 6. The molecule has 0 atom stereocenters. The summed E-state index contributed by atoms with van der Waals surface area (Å²) in [6.07, 6.45) is 8.31. The summed E-state index contributed by atoms with van der Waals surface area (Å²) in [5.41, 5.74) is 2.43. The summed E-state index contributed by atoms with van der Waals surface area (Å²) in [6, 6.07) is 16.5. The van der Waals surface area contributed by atoms with Gasteiger partial charge in [-0.2, -0.15) is 0 Å². The molecule has 1 fully saturated rings. The van der Waals surface area contributed by atoms with Crippen molar-refractivity contribution in [2.75, 3.05) is 23.3 Å². The first-order valence-corrected chi connectivity index (χ1v) is 9.66. The normalized spacial score (nSPS) is 14.1. The third-order valence-corrected chi connectivity index (χ3v) is 4.87. The van der Waals surface area contributed by atoms with Crippen LogP contribution >= 0.6 is 0 Å². The monoisotopic (exact) mass is 359 g/mol. The minimum absolute atomic E-state index is 0.727. The van der Waals surface area contributed by atoms with Crippen molar-refractivity contribution in [1.82, 2.24) is 15.0 Å². The molecule has 27 heavy (non-hydrogen) atoms. The molecule has 138 valence electrons. The minimum Gasteiger partial charge on any atom is -0.366 e. The minimum atomic E-state index is 0.727. The first kappa shape index (κ1) is 17.5. The number of hydrogen-bond acceptors (Lipinski definition) is 5. The molecule has 0 unspecified atom stereocenters. The Bertz CT molecular complexity index is 859. The van der Waals surface area contributed by atoms with Gasteiger partial charge in [0, 0.05) is 38.4 Å². The summed E-state index contributed by atoms with van der Waals surface area (Å²) in [5, 5.41) is 3.42. The van der Waals surface area contributed by atoms with Gasteiger partial charge >= 0.3 is 0 Å². The van der Waals surface area contributed by atoms with E-state index in [-0.39, 0.29) is 0 Å². The average Bonchev–Trinajstić information content (AvgIpc) is 2.74. The van der Waals surface area contributed by atoms with Crippen molar-refractivity contribution in [3.63, 3.8) is 0 Å². The molecular formula is C22H25N5. The Morgan fingerprint density at radius 3 is 2.52 bits per heavy atom. The largest absolute Gasteiger partial charge is 0.366 e. The molecule has 1 saturated heterocycles. The van der Waals surface area contributed by atoms with Crippen LogP contribution in [0.25, 0.3) is 0 Å². The van der Waals surface area contributed by atoms with Crippen molar-refractivity contribution >= 4 is 11.6 Å². The Labute approximate surface area is 160 Å². The van der Waals surface area contributed by atoms with E-state index in [1.807, 2.05) is 36.7 Å². The Kier molecular flexibility index (Phi) is 5.58. The highest BCUT2D eigenvalue weighted by atomic mass is 15.2. The molecule has 0 radical (unpaired) electrons. The van der Waals surface area contributed by atoms with Gasteiger partial charge in [-0.1, -0.05) is 30.3 Å². The van der Waals surface area contributed by atoms with Crippen LogP contribution in [0.3, 0.4) is 0 Å². The van der Waals surface area contributed by atoms with Crippen LogP contribution in [0.1, 0.15) is 36.2 Å². The zero-order valence-corrected chi connectivity index (χ0v) is 15.5. The summed E-state index contributed by atoms with van der Waals surface area (Å²) in [7, 11) is 0. The summed E-state index contributed by atoms with van der Waals surface area (Å²) < 4.78 is 0. The maximum atomic E-state index is 4.65. The predicted molar refractivity (Wildman–Crippen MR) is 109 cm³/mol. The van der Waals surface area contributed by atoms with Gasteiger partial charge in [0.2, 0.25) is 0 Å². The van der Waals surface area contributed by atoms with Gasteiger partial charge in [0.1, 0.15) is 17.5 Å². The maximum Gasteiger partial charge on any atom is 0.135 e. The van der Waals surface area contributed by atoms with Crippen LogP contribution in [0.2, 0.25) is 0 Å². The van der Waals surface area contributed by atoms with E-state index in [1.54, 1.807) is 0 Å². The quantitative estimate of drug-likeness (QED) is 0.719. The van der Waals surface area contributed by atoms with Gasteiger partial charge in [-0.05, 0) is 48.6 Å². The predicted octanol–water partition coefficient (Wildman–Crippen LogP) is 4.06. The van der Waals surface area contributed by atoms with Crippen molar-refractivity contribution in [3.8, 4) is 0 Å². The number of nitrogens with zero attached hydrogens (tertiary/aromatic N) is 4. The third-order valence-electron chi connectivity index (χ3n) is 4.87. The first-order chi connectivity index (χ1) is 13.4. The lowest BCUT2D eigenvalue weighted by molar-refractivity contribution is 0.573. The molecule has 3 heterocycles. The highest BCUT2D eigenvalue weighted by molar-refractivity contribution is 5.43. The molecule has 4 rings (SSSR count). The summed E-state index contributed by atoms with van der Waals surface area (Å²) in [4.78, 5) is 16.0. The number of benzene rings is 1. The second-order valence-electron chi connectivity index (χ2n) is 6.94. The van der Waals surface area contributed by atoms with E-state index in [1.165, 1.54) is 30.4 Å². The zero-order chi connectivity index (χ0) is 18.3. The van der Waals surface area contributed by atoms with E-state index in [9.17, 15) is 0 Å². The molecule has 5 heteroatoms. The molecule has 0 bridgehead atoms. The number of aromatic nitrogens is 3. The molecule has 1 aliphatic heterocycles. The summed E-state index contributed by atoms with van der Waals surface area (Å²) in [6.45, 7) is 2.95. The smallest absolute Gasteiger partial charge is 0.135 e. The number of piperidine rings is 1. The van der Waals surface area contributed by atoms with E-state index in [0.29, 0.717) is 0 Å². The van der Waals surface area contributed by atoms with E-state index in [0.717, 1.165) is 43.5 Å². The van der Waals surface area contributed by atoms with E-state index < -0.39 is 0 Å². The van der Waals surface area contributed by atoms with Crippen molar-refractivity contribution in [3.05, 3.63) is 77.9 Å². The molecule has 1 aromatic carbocycles. The Morgan fingerprint density at radius 1 is 0.852 bits per heavy atom. The molecule has 0 spiro atoms. The molecule has 0 aliphatic carbocycles. The van der Waals surface area contributed by atoms with Crippen molar-refractivity contribution in [2.45, 2.75) is 32.2 Å². The summed E-state index contributed by atoms with van der Waals surface area (Å²) in [5.74, 6) is 2.77. The Hall–Kier alpha value is -2.95. The second kappa shape index (κ2) is 8.62. The number of pyridine rings is 1. The van der Waals surface area contributed by atoms with E-state index >= 15 is 0 Å². The van der Waals surface area contributed by atoms with Gasteiger partial charge in [0.05, 0.1) is 0 Å². The molecule has 5 nitrogen and oxygen atoms in total. The molecular weight excluding hydrogens is 334 g/mol. The van der Waals surface area contributed by atoms with Crippen LogP contribution in [0.5, 0.6) is 0 Å². The fraction of sp³-hybridized carbons (Fsp3) is 0.318. The highest BCUT2D eigenvalue weighted by Gasteiger charge is 2.12. The van der Waals surface area contributed by atoms with Gasteiger partial charge in [-0.15, -0.1) is 0 Å². The fourth-order valence-electron chi connectivity index (χ4n) is 3.42. The lowest BCUT2D eigenvalue weighted by Crippen LogP contribution is -2.30. The topological polar surface area (TPSA) is 53.9 Å². The van der Waals surface area contributed by atoms with Crippen LogP contribution in [-0.2, 0) is 13.0 Å². The fourth-order valence-corrected chi connectivity index (χ4v) is 3.42. The Balaban J connectivity index is 1.39. The van der Waals surface area contributed by atoms with Crippen molar-refractivity contribution in [1.29, 1.82) is 0 Å². The van der Waals surface area contributed by atoms with Gasteiger partial charge in [0.15, 0.2) is 0 Å². The third kappa shape index (κ3) is 4.82. The molecule has 3 aromatic rings. The Morgan fingerprint density at radius 2 is 1.67 bits per heavy atom. The highest BCUT2D eigenvalue weighted by Crippen LogP contribution is 2.19. The van der Waals surface area contributed by atoms with Crippen molar-refractivity contribution < 1.29 is 0 Å². The zero-order valence-electron chi connectivity index (χ0n) is 15.5. The molecule has 2 aromatic heterocycles. The van der Waals surface area contributed by atoms with E-state index in [4.69, 9.17) is 0 Å². The van der Waals surface area contributed by atoms with Gasteiger partial charge in [-0.25, -0.2) is 15.0 Å². The standard InChI is InChI=1S/C22H25N5/c1-3-7-18(8-4-1)15-21-23-12-10-20(26-21)25-17-19-9-11-24-22(16-19)27-13-5-2-6-14-27/h1,3-4,7-12,16H,2,5-6,13-15,17H2,(H,23,25,26). The molecule has 0 amide bonds. The van der Waals surface area contributed by atoms with Gasteiger partial charge in [-0.3, -0.25) is 0 Å². The lowest BCUT2D eigenvalue weighted by atomic mass is 10.1. The van der Waals surface area contributed by atoms with Crippen LogP contribution in [0, 0.1) is 0 Å². The van der Waals surface area contributed by atoms with Crippen LogP contribution < -0.4 is 10.2 Å². The SMILES string of the molecule is c1ccc(Cc2nccc(NCc3ccnc(N4CCCCC4)c3)n2)cc1. The molecule has 0 saturated carbocycles. The number of hydrogen-bond donors (Lipinski definition) is 1. The van der Waals surface area contributed by atoms with Crippen LogP contribution in [0.4, 0.5) is 11.6 Å². The molecule has 1 aliphatic rings. The van der Waals surface area contributed by atoms with Gasteiger partial charge in [0.25, 0.3) is 0 Å². The van der Waals surface area contributed by atoms with Crippen LogP contribution in [-0.4, -0.2) is 28.0 Å². The lowest BCUT2D eigenvalue weighted by Gasteiger charge is -2.27. The second-order valence-corrected chi connectivity index (χ2v) is 6.94. The van der Waals surface area contributed by atoms with E-state index in [2.05, 4.69) is 49.4 Å². The van der Waals surface area contributed by atoms with Gasteiger partial charge < -0.3 is 10.2 Å². The number of anilines is 2. The van der Waals surface area contributed by atoms with Crippen molar-refractivity contribution in [2.24, 2.45) is 0 Å². The average molecular weight is 359 g/mol. The van der Waals surface area contributed by atoms with Crippen LogP contribution in [0.15, 0.2) is 60.9 Å². The maximum absolute atomic E-state index is 4.65.